The van der Waals surface area contributed by atoms with E-state index in [0.717, 1.165) is 39.1 Å². The van der Waals surface area contributed by atoms with Gasteiger partial charge in [0.1, 0.15) is 0 Å². The summed E-state index contributed by atoms with van der Waals surface area (Å²) in [5.41, 5.74) is 0. The lowest BCUT2D eigenvalue weighted by molar-refractivity contribution is 0.0246. The Labute approximate surface area is 85.8 Å². The molecule has 0 aromatic carbocycles. The van der Waals surface area contributed by atoms with Crippen LogP contribution in [-0.4, -0.2) is 62.7 Å². The van der Waals surface area contributed by atoms with Gasteiger partial charge in [0.15, 0.2) is 0 Å². The minimum atomic E-state index is 0.117. The number of likely N-dealkylation sites (tertiary alicyclic amines) is 1. The number of piperidine rings is 1. The molecule has 1 aliphatic heterocycles. The van der Waals surface area contributed by atoms with Gasteiger partial charge in [-0.1, -0.05) is 0 Å². The van der Waals surface area contributed by atoms with Gasteiger partial charge in [0.25, 0.3) is 0 Å². The van der Waals surface area contributed by atoms with Crippen LogP contribution in [0.25, 0.3) is 0 Å². The number of hydrogen-bond acceptors (Lipinski definition) is 4. The van der Waals surface area contributed by atoms with Crippen LogP contribution < -0.4 is 0 Å². The molecule has 0 spiro atoms. The van der Waals surface area contributed by atoms with E-state index in [-0.39, 0.29) is 6.61 Å². The van der Waals surface area contributed by atoms with Crippen LogP contribution in [0, 0.1) is 0 Å². The first-order valence-electron chi connectivity index (χ1n) is 5.30. The van der Waals surface area contributed by atoms with Crippen LogP contribution in [0.1, 0.15) is 12.8 Å². The second-order valence-electron chi connectivity index (χ2n) is 3.61. The molecule has 0 aromatic heterocycles. The number of methoxy groups -OCH3 is 1. The van der Waals surface area contributed by atoms with Gasteiger partial charge < -0.3 is 19.5 Å². The van der Waals surface area contributed by atoms with E-state index < -0.39 is 0 Å². The fraction of sp³-hybridized carbons (Fsp3) is 1.00. The summed E-state index contributed by atoms with van der Waals surface area (Å²) in [5, 5.41) is 8.51. The third kappa shape index (κ3) is 4.37. The summed E-state index contributed by atoms with van der Waals surface area (Å²) in [6.07, 6.45) is 2.69. The van der Waals surface area contributed by atoms with Crippen molar-refractivity contribution in [3.8, 4) is 0 Å². The molecule has 0 amide bonds. The van der Waals surface area contributed by atoms with Gasteiger partial charge in [-0.25, -0.2) is 0 Å². The van der Waals surface area contributed by atoms with Gasteiger partial charge >= 0.3 is 0 Å². The highest BCUT2D eigenvalue weighted by Crippen LogP contribution is 2.11. The van der Waals surface area contributed by atoms with E-state index in [9.17, 15) is 0 Å². The Bertz CT molecular complexity index is 135. The summed E-state index contributed by atoms with van der Waals surface area (Å²) in [6.45, 7) is 4.46. The highest BCUT2D eigenvalue weighted by molar-refractivity contribution is 4.71. The molecule has 1 rings (SSSR count). The van der Waals surface area contributed by atoms with Crippen LogP contribution in [0.15, 0.2) is 0 Å². The van der Waals surface area contributed by atoms with Crippen LogP contribution in [0.5, 0.6) is 0 Å². The number of aliphatic hydroxyl groups is 1. The van der Waals surface area contributed by atoms with Crippen molar-refractivity contribution in [2.24, 2.45) is 0 Å². The smallest absolute Gasteiger partial charge is 0.0698 e. The van der Waals surface area contributed by atoms with E-state index in [1.54, 1.807) is 7.11 Å². The van der Waals surface area contributed by atoms with E-state index in [4.69, 9.17) is 14.6 Å². The van der Waals surface area contributed by atoms with Gasteiger partial charge in [-0.15, -0.1) is 0 Å². The average Bonchev–Trinajstić information content (AvgIpc) is 2.25. The molecular weight excluding hydrogens is 182 g/mol. The van der Waals surface area contributed by atoms with Gasteiger partial charge in [-0.2, -0.15) is 0 Å². The second-order valence-corrected chi connectivity index (χ2v) is 3.61. The summed E-state index contributed by atoms with van der Waals surface area (Å²) in [6, 6.07) is 0. The molecule has 1 aliphatic rings. The minimum Gasteiger partial charge on any atom is -0.394 e. The third-order valence-electron chi connectivity index (χ3n) is 2.66. The third-order valence-corrected chi connectivity index (χ3v) is 2.66. The first kappa shape index (κ1) is 11.9. The molecule has 0 bridgehead atoms. The molecule has 1 fully saturated rings. The molecule has 4 heteroatoms. The predicted molar refractivity (Wildman–Crippen MR) is 54.4 cm³/mol. The first-order valence-corrected chi connectivity index (χ1v) is 5.30. The van der Waals surface area contributed by atoms with Gasteiger partial charge in [-0.3, -0.25) is 0 Å². The van der Waals surface area contributed by atoms with Gasteiger partial charge in [0.2, 0.25) is 0 Å². The topological polar surface area (TPSA) is 41.9 Å². The number of ether oxygens (including phenoxy) is 2. The van der Waals surface area contributed by atoms with Crippen molar-refractivity contribution < 1.29 is 14.6 Å². The van der Waals surface area contributed by atoms with Crippen molar-refractivity contribution >= 4 is 0 Å². The molecule has 1 N–H and O–H groups in total. The number of aliphatic hydroxyl groups excluding tert-OH is 1. The van der Waals surface area contributed by atoms with Crippen molar-refractivity contribution in [3.05, 3.63) is 0 Å². The zero-order chi connectivity index (χ0) is 10.2. The SMILES string of the molecule is COC1CCN(CCOCCO)CC1. The van der Waals surface area contributed by atoms with Crippen LogP contribution in [0.4, 0.5) is 0 Å². The zero-order valence-corrected chi connectivity index (χ0v) is 8.95. The largest absolute Gasteiger partial charge is 0.394 e. The minimum absolute atomic E-state index is 0.117. The summed E-state index contributed by atoms with van der Waals surface area (Å²) in [5.74, 6) is 0. The molecule has 0 atom stereocenters. The lowest BCUT2D eigenvalue weighted by atomic mass is 10.1. The lowest BCUT2D eigenvalue weighted by Crippen LogP contribution is -2.38. The Morgan fingerprint density at radius 2 is 2.00 bits per heavy atom. The maximum atomic E-state index is 8.51. The maximum Gasteiger partial charge on any atom is 0.0698 e. The molecule has 14 heavy (non-hydrogen) atoms. The summed E-state index contributed by atoms with van der Waals surface area (Å²) in [4.78, 5) is 2.38. The highest BCUT2D eigenvalue weighted by atomic mass is 16.5. The summed E-state index contributed by atoms with van der Waals surface area (Å²) >= 11 is 0. The monoisotopic (exact) mass is 203 g/mol. The maximum absolute atomic E-state index is 8.51. The highest BCUT2D eigenvalue weighted by Gasteiger charge is 2.17. The number of hydrogen-bond donors (Lipinski definition) is 1. The molecule has 1 saturated heterocycles. The Morgan fingerprint density at radius 1 is 1.29 bits per heavy atom. The number of rotatable bonds is 6. The molecule has 0 saturated carbocycles. The number of nitrogens with zero attached hydrogens (tertiary/aromatic N) is 1. The van der Waals surface area contributed by atoms with E-state index >= 15 is 0 Å². The molecular formula is C10H21NO3. The average molecular weight is 203 g/mol. The molecule has 0 aromatic rings. The van der Waals surface area contributed by atoms with Crippen molar-refractivity contribution in [3.63, 3.8) is 0 Å². The van der Waals surface area contributed by atoms with Crippen molar-refractivity contribution in [1.82, 2.24) is 4.90 Å². The van der Waals surface area contributed by atoms with Crippen LogP contribution in [-0.2, 0) is 9.47 Å². The van der Waals surface area contributed by atoms with E-state index in [1.165, 1.54) is 0 Å². The quantitative estimate of drug-likeness (QED) is 0.622. The fourth-order valence-electron chi connectivity index (χ4n) is 1.73. The Kier molecular flexibility index (Phi) is 6.10. The molecule has 0 unspecified atom stereocenters. The van der Waals surface area contributed by atoms with Crippen LogP contribution in [0.3, 0.4) is 0 Å². The first-order chi connectivity index (χ1) is 6.86. The van der Waals surface area contributed by atoms with E-state index in [2.05, 4.69) is 4.90 Å². The lowest BCUT2D eigenvalue weighted by Gasteiger charge is -2.30. The van der Waals surface area contributed by atoms with E-state index in [1.807, 2.05) is 0 Å². The molecule has 1 heterocycles. The van der Waals surface area contributed by atoms with Crippen LogP contribution >= 0.6 is 0 Å². The normalized spacial score (nSPS) is 20.1. The Morgan fingerprint density at radius 3 is 2.57 bits per heavy atom. The van der Waals surface area contributed by atoms with Gasteiger partial charge in [-0.05, 0) is 12.8 Å². The fourth-order valence-corrected chi connectivity index (χ4v) is 1.73. The zero-order valence-electron chi connectivity index (χ0n) is 8.95. The summed E-state index contributed by atoms with van der Waals surface area (Å²) < 4.78 is 10.5. The molecule has 0 aliphatic carbocycles. The van der Waals surface area contributed by atoms with E-state index in [0.29, 0.717) is 12.7 Å². The molecule has 4 nitrogen and oxygen atoms in total. The van der Waals surface area contributed by atoms with Gasteiger partial charge in [0.05, 0.1) is 25.9 Å². The summed E-state index contributed by atoms with van der Waals surface area (Å²) in [7, 11) is 1.78. The van der Waals surface area contributed by atoms with Crippen molar-refractivity contribution in [2.45, 2.75) is 18.9 Å². The van der Waals surface area contributed by atoms with Crippen molar-refractivity contribution in [1.29, 1.82) is 0 Å². The predicted octanol–water partition coefficient (Wildman–Crippen LogP) is 0.106. The second kappa shape index (κ2) is 7.17. The Hall–Kier alpha value is -0.160. The standard InChI is InChI=1S/C10H21NO3/c1-13-10-2-4-11(5-3-10)6-8-14-9-7-12/h10,12H,2-9H2,1H3. The van der Waals surface area contributed by atoms with Gasteiger partial charge in [0, 0.05) is 26.7 Å². The van der Waals surface area contributed by atoms with Crippen molar-refractivity contribution in [2.75, 3.05) is 46.6 Å². The Balaban J connectivity index is 1.98. The van der Waals surface area contributed by atoms with Crippen LogP contribution in [0.2, 0.25) is 0 Å². The molecule has 0 radical (unpaired) electrons. The molecule has 84 valence electrons.